The van der Waals surface area contributed by atoms with Crippen LogP contribution in [0.25, 0.3) is 0 Å². The van der Waals surface area contributed by atoms with E-state index in [0.29, 0.717) is 6.42 Å². The van der Waals surface area contributed by atoms with Crippen molar-refractivity contribution in [1.29, 1.82) is 0 Å². The van der Waals surface area contributed by atoms with Crippen LogP contribution in [0.2, 0.25) is 0 Å². The summed E-state index contributed by atoms with van der Waals surface area (Å²) in [7, 11) is 0. The summed E-state index contributed by atoms with van der Waals surface area (Å²) in [4.78, 5) is 10.3. The molecule has 0 amide bonds. The van der Waals surface area contributed by atoms with Gasteiger partial charge in [-0.1, -0.05) is 51.2 Å². The third-order valence-corrected chi connectivity index (χ3v) is 2.65. The van der Waals surface area contributed by atoms with E-state index in [1.165, 1.54) is 44.9 Å². The van der Waals surface area contributed by atoms with E-state index in [2.05, 4.69) is 19.1 Å². The molecule has 2 nitrogen and oxygen atoms in total. The normalized spacial score (nSPS) is 10.4. The number of hydrogen-bond donors (Lipinski definition) is 1. The maximum Gasteiger partial charge on any atom is 2.00 e. The molecule has 0 saturated heterocycles. The van der Waals surface area contributed by atoms with Crippen LogP contribution in [0.15, 0.2) is 12.2 Å². The summed E-state index contributed by atoms with van der Waals surface area (Å²) in [6.45, 7) is 2.21. The zero-order valence-electron chi connectivity index (χ0n) is 13.3. The maximum absolute atomic E-state index is 10.3. The molecule has 0 unspecified atom stereocenters. The summed E-state index contributed by atoms with van der Waals surface area (Å²) in [5.74, 6) is -0.668. The van der Waals surface area contributed by atoms with Gasteiger partial charge < -0.3 is 7.96 Å². The minimum Gasteiger partial charge on any atom is -1.00 e. The molecule has 0 rings (SSSR count). The van der Waals surface area contributed by atoms with E-state index in [4.69, 9.17) is 5.11 Å². The monoisotopic (exact) mass is 366 g/mol. The summed E-state index contributed by atoms with van der Waals surface area (Å²) in [5.41, 5.74) is 0. The quantitative estimate of drug-likeness (QED) is 0.335. The molecule has 0 aromatic carbocycles. The SMILES string of the molecule is CCCCC=CCCCCCCCC(=O)O.[Ba+2].[H-].[H-]. The molecule has 0 heterocycles. The largest absolute Gasteiger partial charge is 2.00 e. The van der Waals surface area contributed by atoms with Crippen molar-refractivity contribution in [2.24, 2.45) is 0 Å². The second-order valence-corrected chi connectivity index (χ2v) is 4.31. The van der Waals surface area contributed by atoms with E-state index in [-0.39, 0.29) is 51.7 Å². The Balaban J connectivity index is -0.000000375. The molecule has 3 heteroatoms. The summed E-state index contributed by atoms with van der Waals surface area (Å²) in [6.07, 6.45) is 15.4. The maximum atomic E-state index is 10.3. The number of rotatable bonds is 11. The van der Waals surface area contributed by atoms with Crippen molar-refractivity contribution < 1.29 is 12.8 Å². The molecule has 0 atom stereocenters. The molecule has 0 radical (unpaired) electrons. The Kier molecular flexibility index (Phi) is 19.8. The average Bonchev–Trinajstić information content (AvgIpc) is 2.25. The molecule has 98 valence electrons. The predicted molar refractivity (Wildman–Crippen MR) is 76.6 cm³/mol. The van der Waals surface area contributed by atoms with Crippen molar-refractivity contribution in [2.45, 2.75) is 71.1 Å². The Labute approximate surface area is 149 Å². The molecule has 0 saturated carbocycles. The van der Waals surface area contributed by atoms with Crippen molar-refractivity contribution in [1.82, 2.24) is 0 Å². The Morgan fingerprint density at radius 1 is 1.00 bits per heavy atom. The minimum atomic E-state index is -0.668. The topological polar surface area (TPSA) is 37.3 Å². The van der Waals surface area contributed by atoms with E-state index in [9.17, 15) is 4.79 Å². The Morgan fingerprint density at radius 2 is 1.53 bits per heavy atom. The van der Waals surface area contributed by atoms with Crippen molar-refractivity contribution in [3.63, 3.8) is 0 Å². The van der Waals surface area contributed by atoms with E-state index >= 15 is 0 Å². The molecular weight excluding hydrogens is 337 g/mol. The van der Waals surface area contributed by atoms with Gasteiger partial charge in [0.2, 0.25) is 0 Å². The summed E-state index contributed by atoms with van der Waals surface area (Å²) in [6, 6.07) is 0. The van der Waals surface area contributed by atoms with Gasteiger partial charge >= 0.3 is 54.9 Å². The van der Waals surface area contributed by atoms with Crippen LogP contribution in [0.5, 0.6) is 0 Å². The van der Waals surface area contributed by atoms with Gasteiger partial charge in [-0.25, -0.2) is 0 Å². The molecule has 0 aliphatic carbocycles. The van der Waals surface area contributed by atoms with Gasteiger partial charge in [-0.2, -0.15) is 0 Å². The van der Waals surface area contributed by atoms with Crippen molar-refractivity contribution in [3.8, 4) is 0 Å². The average molecular weight is 366 g/mol. The van der Waals surface area contributed by atoms with Gasteiger partial charge in [0, 0.05) is 6.42 Å². The molecule has 0 fully saturated rings. The summed E-state index contributed by atoms with van der Waals surface area (Å²) >= 11 is 0. The fourth-order valence-electron chi connectivity index (χ4n) is 1.63. The van der Waals surface area contributed by atoms with Crippen LogP contribution >= 0.6 is 0 Å². The first-order valence-electron chi connectivity index (χ1n) is 6.64. The number of carbonyl (C=O) groups is 1. The number of hydrogen-bond acceptors (Lipinski definition) is 1. The second kappa shape index (κ2) is 16.8. The molecule has 0 bridgehead atoms. The zero-order valence-corrected chi connectivity index (χ0v) is 15.7. The van der Waals surface area contributed by atoms with E-state index in [1.54, 1.807) is 0 Å². The third kappa shape index (κ3) is 19.3. The third-order valence-electron chi connectivity index (χ3n) is 2.65. The van der Waals surface area contributed by atoms with Crippen molar-refractivity contribution in [3.05, 3.63) is 12.2 Å². The van der Waals surface area contributed by atoms with E-state index < -0.39 is 5.97 Å². The molecule has 0 aromatic heterocycles. The number of carboxylic acid groups (broad SMARTS) is 1. The van der Waals surface area contributed by atoms with Crippen LogP contribution in [0, 0.1) is 0 Å². The summed E-state index contributed by atoms with van der Waals surface area (Å²) < 4.78 is 0. The van der Waals surface area contributed by atoms with Crippen molar-refractivity contribution in [2.75, 3.05) is 0 Å². The van der Waals surface area contributed by atoms with E-state index in [1.807, 2.05) is 0 Å². The van der Waals surface area contributed by atoms with Gasteiger partial charge in [-0.3, -0.25) is 4.79 Å². The molecule has 1 N–H and O–H groups in total. The minimum absolute atomic E-state index is 0. The van der Waals surface area contributed by atoms with Crippen LogP contribution < -0.4 is 0 Å². The fraction of sp³-hybridized carbons (Fsp3) is 0.786. The molecule has 0 spiro atoms. The van der Waals surface area contributed by atoms with Crippen LogP contribution in [0.1, 0.15) is 74.0 Å². The Bertz CT molecular complexity index is 200. The van der Waals surface area contributed by atoms with Crippen LogP contribution in [-0.2, 0) is 4.79 Å². The first kappa shape index (κ1) is 20.1. The van der Waals surface area contributed by atoms with Crippen LogP contribution in [0.4, 0.5) is 0 Å². The molecule has 17 heavy (non-hydrogen) atoms. The number of allylic oxidation sites excluding steroid dienone is 2. The molecular formula is C14H28BaO2. The molecule has 0 aliphatic heterocycles. The first-order valence-corrected chi connectivity index (χ1v) is 6.64. The van der Waals surface area contributed by atoms with Gasteiger partial charge in [0.15, 0.2) is 0 Å². The number of aliphatic carboxylic acids is 1. The van der Waals surface area contributed by atoms with Gasteiger partial charge in [0.05, 0.1) is 0 Å². The number of carboxylic acids is 1. The second-order valence-electron chi connectivity index (χ2n) is 4.31. The standard InChI is InChI=1S/C14H26O2.Ba.2H/c1-2-3-4-5-6-7-8-9-10-11-12-13-14(15)16;;;/h5-6H,2-4,7-13H2,1H3,(H,15,16);;;/q;+2;2*-1. The van der Waals surface area contributed by atoms with Crippen molar-refractivity contribution >= 4 is 54.9 Å². The smallest absolute Gasteiger partial charge is 1.00 e. The van der Waals surface area contributed by atoms with Gasteiger partial charge in [-0.05, 0) is 25.7 Å². The van der Waals surface area contributed by atoms with Gasteiger partial charge in [-0.15, -0.1) is 0 Å². The predicted octanol–water partition coefficient (Wildman–Crippen LogP) is 4.39. The van der Waals surface area contributed by atoms with Gasteiger partial charge in [0.25, 0.3) is 0 Å². The Hall–Kier alpha value is 0.781. The zero-order chi connectivity index (χ0) is 12.1. The van der Waals surface area contributed by atoms with E-state index in [0.717, 1.165) is 12.8 Å². The van der Waals surface area contributed by atoms with Crippen LogP contribution in [0.3, 0.4) is 0 Å². The summed E-state index contributed by atoms with van der Waals surface area (Å²) in [5, 5.41) is 8.45. The van der Waals surface area contributed by atoms with Gasteiger partial charge in [0.1, 0.15) is 0 Å². The number of unbranched alkanes of at least 4 members (excludes halogenated alkanes) is 7. The Morgan fingerprint density at radius 3 is 2.12 bits per heavy atom. The molecule has 0 aliphatic rings. The van der Waals surface area contributed by atoms with Crippen LogP contribution in [-0.4, -0.2) is 60.0 Å². The first-order chi connectivity index (χ1) is 7.77. The fourth-order valence-corrected chi connectivity index (χ4v) is 1.63. The molecule has 0 aromatic rings.